The number of hydrogen-bond donors (Lipinski definition) is 3. The van der Waals surface area contributed by atoms with Crippen molar-refractivity contribution in [1.82, 2.24) is 5.32 Å². The van der Waals surface area contributed by atoms with E-state index in [1.807, 2.05) is 0 Å². The molecule has 0 aliphatic carbocycles. The van der Waals surface area contributed by atoms with Gasteiger partial charge in [-0.25, -0.2) is 0 Å². The van der Waals surface area contributed by atoms with Gasteiger partial charge in [0.25, 0.3) is 0 Å². The van der Waals surface area contributed by atoms with Gasteiger partial charge in [0.15, 0.2) is 0 Å². The van der Waals surface area contributed by atoms with Crippen LogP contribution in [0, 0.1) is 0 Å². The van der Waals surface area contributed by atoms with Gasteiger partial charge in [-0.1, -0.05) is 18.0 Å². The van der Waals surface area contributed by atoms with Gasteiger partial charge in [-0.15, -0.1) is 6.58 Å². The summed E-state index contributed by atoms with van der Waals surface area (Å²) in [7, 11) is 0. The molecule has 1 atom stereocenters. The fourth-order valence-corrected chi connectivity index (χ4v) is 0.992. The van der Waals surface area contributed by atoms with Crippen molar-refractivity contribution < 1.29 is 9.90 Å². The van der Waals surface area contributed by atoms with Gasteiger partial charge in [0, 0.05) is 12.3 Å². The Morgan fingerprint density at radius 3 is 2.91 bits per heavy atom. The van der Waals surface area contributed by atoms with Crippen molar-refractivity contribution in [3.63, 3.8) is 0 Å². The van der Waals surface area contributed by atoms with Crippen molar-refractivity contribution in [2.24, 2.45) is 5.14 Å². The molecule has 0 amide bonds. The summed E-state index contributed by atoms with van der Waals surface area (Å²) in [5.41, 5.74) is 0. The van der Waals surface area contributed by atoms with E-state index in [4.69, 9.17) is 10.2 Å². The lowest BCUT2D eigenvalue weighted by atomic mass is 10.3. The van der Waals surface area contributed by atoms with Gasteiger partial charge >= 0.3 is 5.97 Å². The third kappa shape index (κ3) is 4.83. The number of carbonyl (C=O) groups is 1. The first-order valence-corrected chi connectivity index (χ1v) is 4.16. The van der Waals surface area contributed by atoms with E-state index in [0.717, 1.165) is 11.9 Å². The van der Waals surface area contributed by atoms with Crippen LogP contribution in [0.25, 0.3) is 0 Å². The van der Waals surface area contributed by atoms with Crippen LogP contribution in [0.4, 0.5) is 0 Å². The number of hydrogen-bond acceptors (Lipinski definition) is 4. The Kier molecular flexibility index (Phi) is 5.91. The topological polar surface area (TPSA) is 75.3 Å². The molecule has 5 heteroatoms. The Morgan fingerprint density at radius 2 is 2.55 bits per heavy atom. The van der Waals surface area contributed by atoms with Crippen LogP contribution in [0.15, 0.2) is 12.7 Å². The molecule has 0 aliphatic heterocycles. The van der Waals surface area contributed by atoms with E-state index in [2.05, 4.69) is 11.9 Å². The summed E-state index contributed by atoms with van der Waals surface area (Å²) >= 11 is 1.01. The number of nitrogens with one attached hydrogen (secondary N) is 1. The Balaban J connectivity index is 3.68. The summed E-state index contributed by atoms with van der Waals surface area (Å²) in [5, 5.41) is 16.4. The lowest BCUT2D eigenvalue weighted by Gasteiger charge is -2.10. The molecule has 0 aromatic rings. The summed E-state index contributed by atoms with van der Waals surface area (Å²) < 4.78 is 0. The summed E-state index contributed by atoms with van der Waals surface area (Å²) in [6, 6.07) is -0.581. The molecule has 0 bridgehead atoms. The molecule has 0 aliphatic rings. The second-order valence-electron chi connectivity index (χ2n) is 1.92. The molecule has 4 nitrogen and oxygen atoms in total. The van der Waals surface area contributed by atoms with Gasteiger partial charge < -0.3 is 10.4 Å². The molecule has 0 aromatic heterocycles. The van der Waals surface area contributed by atoms with Gasteiger partial charge in [0.1, 0.15) is 6.04 Å². The molecule has 11 heavy (non-hydrogen) atoms. The largest absolute Gasteiger partial charge is 0.480 e. The maximum absolute atomic E-state index is 10.4. The van der Waals surface area contributed by atoms with Crippen LogP contribution in [-0.4, -0.2) is 29.4 Å². The molecule has 0 fully saturated rings. The van der Waals surface area contributed by atoms with E-state index in [1.165, 1.54) is 0 Å². The fourth-order valence-electron chi connectivity index (χ4n) is 0.539. The summed E-state index contributed by atoms with van der Waals surface area (Å²) in [6.07, 6.45) is 1.61. The Labute approximate surface area is 70.0 Å². The van der Waals surface area contributed by atoms with E-state index in [1.54, 1.807) is 6.08 Å². The number of carboxylic acids is 1. The first-order valence-electron chi connectivity index (χ1n) is 3.11. The quantitative estimate of drug-likeness (QED) is 0.387. The van der Waals surface area contributed by atoms with Crippen molar-refractivity contribution in [3.8, 4) is 0 Å². The van der Waals surface area contributed by atoms with E-state index in [-0.39, 0.29) is 0 Å². The lowest BCUT2D eigenvalue weighted by Crippen LogP contribution is -2.39. The molecule has 0 saturated carbocycles. The van der Waals surface area contributed by atoms with Crippen molar-refractivity contribution in [2.45, 2.75) is 6.04 Å². The van der Waals surface area contributed by atoms with Crippen LogP contribution in [0.2, 0.25) is 0 Å². The van der Waals surface area contributed by atoms with E-state index < -0.39 is 12.0 Å². The maximum Gasteiger partial charge on any atom is 0.321 e. The third-order valence-electron chi connectivity index (χ3n) is 1.07. The zero-order valence-corrected chi connectivity index (χ0v) is 6.93. The molecular weight excluding hydrogens is 164 g/mol. The van der Waals surface area contributed by atoms with Crippen molar-refractivity contribution in [3.05, 3.63) is 12.7 Å². The smallest absolute Gasteiger partial charge is 0.321 e. The summed E-state index contributed by atoms with van der Waals surface area (Å²) in [4.78, 5) is 10.4. The average molecular weight is 176 g/mol. The van der Waals surface area contributed by atoms with E-state index in [9.17, 15) is 4.79 Å². The number of rotatable bonds is 6. The van der Waals surface area contributed by atoms with Crippen LogP contribution in [-0.2, 0) is 4.79 Å². The second-order valence-corrected chi connectivity index (χ2v) is 2.59. The van der Waals surface area contributed by atoms with Gasteiger partial charge in [-0.05, 0) is 0 Å². The highest BCUT2D eigenvalue weighted by molar-refractivity contribution is 7.97. The van der Waals surface area contributed by atoms with Crippen molar-refractivity contribution in [2.75, 3.05) is 12.3 Å². The molecule has 0 unspecified atom stereocenters. The molecule has 0 heterocycles. The Hall–Kier alpha value is -0.520. The van der Waals surface area contributed by atoms with Gasteiger partial charge in [0.2, 0.25) is 0 Å². The molecule has 0 rings (SSSR count). The van der Waals surface area contributed by atoms with Crippen molar-refractivity contribution >= 4 is 17.9 Å². The molecule has 0 radical (unpaired) electrons. The number of nitrogens with two attached hydrogens (primary N) is 1. The maximum atomic E-state index is 10.4. The van der Waals surface area contributed by atoms with Crippen LogP contribution in [0.3, 0.4) is 0 Å². The van der Waals surface area contributed by atoms with Gasteiger partial charge in [-0.3, -0.25) is 9.93 Å². The number of carboxylic acid groups (broad SMARTS) is 1. The highest BCUT2D eigenvalue weighted by Gasteiger charge is 2.14. The predicted molar refractivity (Wildman–Crippen MR) is 46.3 cm³/mol. The lowest BCUT2D eigenvalue weighted by molar-refractivity contribution is -0.138. The third-order valence-corrected chi connectivity index (χ3v) is 1.60. The highest BCUT2D eigenvalue weighted by Crippen LogP contribution is 1.93. The second kappa shape index (κ2) is 6.21. The average Bonchev–Trinajstić information content (AvgIpc) is 1.97. The molecule has 0 spiro atoms. The van der Waals surface area contributed by atoms with E-state index in [0.29, 0.717) is 12.3 Å². The van der Waals surface area contributed by atoms with Crippen LogP contribution in [0.1, 0.15) is 0 Å². The van der Waals surface area contributed by atoms with Gasteiger partial charge in [-0.2, -0.15) is 0 Å². The van der Waals surface area contributed by atoms with Gasteiger partial charge in [0.05, 0.1) is 0 Å². The zero-order valence-electron chi connectivity index (χ0n) is 6.12. The summed E-state index contributed by atoms with van der Waals surface area (Å²) in [5.74, 6) is -0.520. The SMILES string of the molecule is C=CCN[C@@H](CSN)C(=O)O. The molecule has 4 N–H and O–H groups in total. The van der Waals surface area contributed by atoms with Crippen LogP contribution >= 0.6 is 11.9 Å². The first kappa shape index (κ1) is 10.5. The summed E-state index contributed by atoms with van der Waals surface area (Å²) in [6.45, 7) is 3.94. The minimum absolute atomic E-state index is 0.364. The zero-order chi connectivity index (χ0) is 8.69. The molecular formula is C6H12N2O2S. The first-order chi connectivity index (χ1) is 5.22. The normalized spacial score (nSPS) is 12.5. The van der Waals surface area contributed by atoms with Crippen LogP contribution in [0.5, 0.6) is 0 Å². The minimum atomic E-state index is -0.884. The molecule has 0 aromatic carbocycles. The fraction of sp³-hybridized carbons (Fsp3) is 0.500. The standard InChI is InChI=1S/C6H12N2O2S/c1-2-3-8-5(4-11-7)6(9)10/h2,5,8H,1,3-4,7H2,(H,9,10)/t5-/m0/s1. The highest BCUT2D eigenvalue weighted by atomic mass is 32.2. The van der Waals surface area contributed by atoms with E-state index >= 15 is 0 Å². The van der Waals surface area contributed by atoms with Crippen molar-refractivity contribution in [1.29, 1.82) is 0 Å². The molecule has 0 saturated heterocycles. The number of aliphatic carboxylic acids is 1. The molecule has 64 valence electrons. The van der Waals surface area contributed by atoms with Crippen LogP contribution < -0.4 is 10.5 Å². The minimum Gasteiger partial charge on any atom is -0.480 e. The Morgan fingerprint density at radius 1 is 1.91 bits per heavy atom. The Bertz CT molecular complexity index is 141. The predicted octanol–water partition coefficient (Wildman–Crippen LogP) is -0.178. The monoisotopic (exact) mass is 176 g/mol.